The van der Waals surface area contributed by atoms with Crippen molar-refractivity contribution in [3.8, 4) is 0 Å². The van der Waals surface area contributed by atoms with Gasteiger partial charge in [-0.25, -0.2) is 9.78 Å². The van der Waals surface area contributed by atoms with Crippen LogP contribution in [0.5, 0.6) is 0 Å². The lowest BCUT2D eigenvalue weighted by atomic mass is 10.2. The molecule has 0 radical (unpaired) electrons. The molecular formula is C15H19N3O4S. The van der Waals surface area contributed by atoms with Gasteiger partial charge >= 0.3 is 5.97 Å². The van der Waals surface area contributed by atoms with E-state index < -0.39 is 5.97 Å². The van der Waals surface area contributed by atoms with Crippen LogP contribution in [0, 0.1) is 13.8 Å². The molecule has 0 aliphatic rings. The van der Waals surface area contributed by atoms with Crippen LogP contribution in [0.4, 0.5) is 0 Å². The third kappa shape index (κ3) is 2.98. The minimum absolute atomic E-state index is 0.0903. The summed E-state index contributed by atoms with van der Waals surface area (Å²) in [5, 5.41) is 9.47. The second kappa shape index (κ2) is 6.49. The van der Waals surface area contributed by atoms with Crippen LogP contribution in [-0.4, -0.2) is 44.5 Å². The number of aromatic nitrogens is 2. The van der Waals surface area contributed by atoms with Gasteiger partial charge in [0, 0.05) is 13.1 Å². The van der Waals surface area contributed by atoms with Gasteiger partial charge in [-0.05, 0) is 33.3 Å². The Balaban J connectivity index is 2.58. The van der Waals surface area contributed by atoms with Crippen LogP contribution in [0.2, 0.25) is 0 Å². The van der Waals surface area contributed by atoms with Gasteiger partial charge in [0.15, 0.2) is 0 Å². The lowest BCUT2D eigenvalue weighted by Crippen LogP contribution is -2.37. The first kappa shape index (κ1) is 17.1. The molecule has 0 bridgehead atoms. The van der Waals surface area contributed by atoms with Crippen molar-refractivity contribution in [2.45, 2.75) is 34.2 Å². The fraction of sp³-hybridized carbons (Fsp3) is 0.467. The Morgan fingerprint density at radius 2 is 1.87 bits per heavy atom. The van der Waals surface area contributed by atoms with Crippen LogP contribution in [-0.2, 0) is 11.3 Å². The molecule has 0 atom stereocenters. The Morgan fingerprint density at radius 1 is 1.26 bits per heavy atom. The van der Waals surface area contributed by atoms with E-state index in [0.717, 1.165) is 11.3 Å². The Labute approximate surface area is 137 Å². The number of aromatic carboxylic acids is 1. The van der Waals surface area contributed by atoms with Gasteiger partial charge in [-0.1, -0.05) is 0 Å². The maximum Gasteiger partial charge on any atom is 0.346 e. The van der Waals surface area contributed by atoms with E-state index in [1.807, 2.05) is 13.8 Å². The second-order valence-electron chi connectivity index (χ2n) is 5.16. The predicted molar refractivity (Wildman–Crippen MR) is 88.2 cm³/mol. The monoisotopic (exact) mass is 337 g/mol. The van der Waals surface area contributed by atoms with E-state index in [0.29, 0.717) is 29.3 Å². The molecule has 7 nitrogen and oxygen atoms in total. The summed E-state index contributed by atoms with van der Waals surface area (Å²) in [6.07, 6.45) is 0. The van der Waals surface area contributed by atoms with E-state index in [4.69, 9.17) is 0 Å². The van der Waals surface area contributed by atoms with Gasteiger partial charge in [0.2, 0.25) is 5.91 Å². The van der Waals surface area contributed by atoms with E-state index in [1.165, 1.54) is 4.57 Å². The molecule has 0 saturated heterocycles. The van der Waals surface area contributed by atoms with Crippen molar-refractivity contribution in [2.24, 2.45) is 0 Å². The number of carboxylic acid groups (broad SMARTS) is 1. The average Bonchev–Trinajstić information content (AvgIpc) is 2.81. The van der Waals surface area contributed by atoms with Crippen molar-refractivity contribution in [3.05, 3.63) is 26.6 Å². The maximum absolute atomic E-state index is 12.7. The van der Waals surface area contributed by atoms with Crippen molar-refractivity contribution < 1.29 is 14.7 Å². The summed E-state index contributed by atoms with van der Waals surface area (Å²) in [6.45, 7) is 8.04. The smallest absolute Gasteiger partial charge is 0.346 e. The molecule has 2 aromatic heterocycles. The first-order valence-corrected chi connectivity index (χ1v) is 8.15. The molecule has 2 rings (SSSR count). The highest BCUT2D eigenvalue weighted by molar-refractivity contribution is 7.20. The standard InChI is InChI=1S/C15H19N3O4S/c1-5-17(6-2)10(19)7-18-9(4)16-13-11(14(18)20)8(3)12(23-13)15(21)22/h5-7H2,1-4H3,(H,21,22). The molecule has 1 amide bonds. The van der Waals surface area contributed by atoms with E-state index >= 15 is 0 Å². The van der Waals surface area contributed by atoms with E-state index in [9.17, 15) is 19.5 Å². The zero-order chi connectivity index (χ0) is 17.3. The summed E-state index contributed by atoms with van der Waals surface area (Å²) >= 11 is 0.984. The van der Waals surface area contributed by atoms with Crippen LogP contribution < -0.4 is 5.56 Å². The highest BCUT2D eigenvalue weighted by atomic mass is 32.1. The zero-order valence-electron chi connectivity index (χ0n) is 13.5. The van der Waals surface area contributed by atoms with Crippen molar-refractivity contribution in [1.29, 1.82) is 0 Å². The average molecular weight is 337 g/mol. The third-order valence-electron chi connectivity index (χ3n) is 3.84. The van der Waals surface area contributed by atoms with Crippen LogP contribution in [0.25, 0.3) is 10.2 Å². The molecule has 8 heteroatoms. The molecule has 23 heavy (non-hydrogen) atoms. The molecule has 0 spiro atoms. The number of carbonyl (C=O) groups is 2. The summed E-state index contributed by atoms with van der Waals surface area (Å²) in [5.74, 6) is -0.831. The number of fused-ring (bicyclic) bond motifs is 1. The number of hydrogen-bond acceptors (Lipinski definition) is 5. The van der Waals surface area contributed by atoms with Crippen LogP contribution in [0.1, 0.15) is 34.9 Å². The normalized spacial score (nSPS) is 11.0. The molecule has 2 heterocycles. The number of carbonyl (C=O) groups excluding carboxylic acids is 1. The van der Waals surface area contributed by atoms with Crippen molar-refractivity contribution >= 4 is 33.4 Å². The summed E-state index contributed by atoms with van der Waals surface area (Å²) < 4.78 is 1.31. The van der Waals surface area contributed by atoms with Gasteiger partial charge in [0.25, 0.3) is 5.56 Å². The van der Waals surface area contributed by atoms with Gasteiger partial charge in [0.1, 0.15) is 22.1 Å². The Hall–Kier alpha value is -2.22. The molecular weight excluding hydrogens is 318 g/mol. The zero-order valence-corrected chi connectivity index (χ0v) is 14.4. The number of hydrogen-bond donors (Lipinski definition) is 1. The van der Waals surface area contributed by atoms with Crippen molar-refractivity contribution in [3.63, 3.8) is 0 Å². The fourth-order valence-corrected chi connectivity index (χ4v) is 3.58. The molecule has 0 fully saturated rings. The first-order chi connectivity index (χ1) is 10.8. The minimum atomic E-state index is -1.08. The number of amides is 1. The van der Waals surface area contributed by atoms with E-state index in [2.05, 4.69) is 4.98 Å². The van der Waals surface area contributed by atoms with Crippen molar-refractivity contribution in [2.75, 3.05) is 13.1 Å². The maximum atomic E-state index is 12.7. The number of aryl methyl sites for hydroxylation is 2. The van der Waals surface area contributed by atoms with Crippen LogP contribution >= 0.6 is 11.3 Å². The highest BCUT2D eigenvalue weighted by Crippen LogP contribution is 2.27. The first-order valence-electron chi connectivity index (χ1n) is 7.33. The molecule has 1 N–H and O–H groups in total. The molecule has 0 aliphatic carbocycles. The Morgan fingerprint density at radius 3 is 2.39 bits per heavy atom. The van der Waals surface area contributed by atoms with Gasteiger partial charge in [-0.15, -0.1) is 11.3 Å². The third-order valence-corrected chi connectivity index (χ3v) is 5.02. The Bertz CT molecular complexity index is 833. The Kier molecular flexibility index (Phi) is 4.84. The number of rotatable bonds is 5. The highest BCUT2D eigenvalue weighted by Gasteiger charge is 2.21. The van der Waals surface area contributed by atoms with Gasteiger partial charge in [-0.3, -0.25) is 14.2 Å². The second-order valence-corrected chi connectivity index (χ2v) is 6.16. The summed E-state index contributed by atoms with van der Waals surface area (Å²) in [6, 6.07) is 0. The van der Waals surface area contributed by atoms with Gasteiger partial charge in [-0.2, -0.15) is 0 Å². The summed E-state index contributed by atoms with van der Waals surface area (Å²) in [4.78, 5) is 42.7. The topological polar surface area (TPSA) is 92.5 Å². The summed E-state index contributed by atoms with van der Waals surface area (Å²) in [5.41, 5.74) is 0.0355. The summed E-state index contributed by atoms with van der Waals surface area (Å²) in [7, 11) is 0. The predicted octanol–water partition coefficient (Wildman–Crippen LogP) is 1.64. The van der Waals surface area contributed by atoms with Crippen molar-refractivity contribution in [1.82, 2.24) is 14.5 Å². The SMILES string of the molecule is CCN(CC)C(=O)Cn1c(C)nc2sc(C(=O)O)c(C)c2c1=O. The van der Waals surface area contributed by atoms with E-state index in [-0.39, 0.29) is 28.3 Å². The molecule has 0 unspecified atom stereocenters. The number of likely N-dealkylation sites (N-methyl/N-ethyl adjacent to an activating group) is 1. The fourth-order valence-electron chi connectivity index (χ4n) is 2.52. The molecule has 124 valence electrons. The molecule has 0 saturated carbocycles. The number of thiophene rings is 1. The van der Waals surface area contributed by atoms with Crippen LogP contribution in [0.3, 0.4) is 0 Å². The largest absolute Gasteiger partial charge is 0.477 e. The number of carboxylic acids is 1. The van der Waals surface area contributed by atoms with Crippen LogP contribution in [0.15, 0.2) is 4.79 Å². The molecule has 0 aromatic carbocycles. The minimum Gasteiger partial charge on any atom is -0.477 e. The van der Waals surface area contributed by atoms with Gasteiger partial charge < -0.3 is 10.0 Å². The molecule has 2 aromatic rings. The number of nitrogens with zero attached hydrogens (tertiary/aromatic N) is 3. The lowest BCUT2D eigenvalue weighted by Gasteiger charge is -2.19. The van der Waals surface area contributed by atoms with Gasteiger partial charge in [0.05, 0.1) is 5.39 Å². The molecule has 0 aliphatic heterocycles. The quantitative estimate of drug-likeness (QED) is 0.895. The lowest BCUT2D eigenvalue weighted by molar-refractivity contribution is -0.131. The van der Waals surface area contributed by atoms with E-state index in [1.54, 1.807) is 18.7 Å².